The number of hydrogen-bond donors (Lipinski definition) is 0. The van der Waals surface area contributed by atoms with Crippen LogP contribution in [0, 0.1) is 0 Å². The molecule has 0 aliphatic heterocycles. The van der Waals surface area contributed by atoms with E-state index in [1.54, 1.807) is 0 Å². The van der Waals surface area contributed by atoms with Crippen molar-refractivity contribution in [3.8, 4) is 17.2 Å². The SMILES string of the molecule is CCc1c(COc2cccc3cccnc23)c(CC)c(COc2cccc3cccnc23)c(CC)c1COc1cccc2cccnc12. The minimum Gasteiger partial charge on any atom is -0.487 e. The van der Waals surface area contributed by atoms with E-state index >= 15 is 0 Å². The number of rotatable bonds is 12. The van der Waals surface area contributed by atoms with Crippen molar-refractivity contribution in [1.82, 2.24) is 15.0 Å². The lowest BCUT2D eigenvalue weighted by atomic mass is 9.84. The molecule has 0 saturated heterocycles. The minimum absolute atomic E-state index is 0.414. The molecule has 0 aliphatic carbocycles. The number of ether oxygens (including phenoxy) is 3. The average molecular weight is 634 g/mol. The van der Waals surface area contributed by atoms with E-state index in [0.29, 0.717) is 19.8 Å². The Morgan fingerprint density at radius 2 is 0.667 bits per heavy atom. The van der Waals surface area contributed by atoms with E-state index in [9.17, 15) is 0 Å². The van der Waals surface area contributed by atoms with Gasteiger partial charge in [0.05, 0.1) is 0 Å². The lowest BCUT2D eigenvalue weighted by Gasteiger charge is -2.26. The van der Waals surface area contributed by atoms with Gasteiger partial charge in [-0.15, -0.1) is 0 Å². The second-order valence-electron chi connectivity index (χ2n) is 11.8. The first kappa shape index (κ1) is 31.1. The first-order chi connectivity index (χ1) is 23.7. The van der Waals surface area contributed by atoms with Crippen LogP contribution in [0.15, 0.2) is 110 Å². The third kappa shape index (κ3) is 6.02. The maximum absolute atomic E-state index is 6.65. The lowest BCUT2D eigenvalue weighted by Crippen LogP contribution is -2.17. The van der Waals surface area contributed by atoms with E-state index in [1.165, 1.54) is 33.4 Å². The second-order valence-corrected chi connectivity index (χ2v) is 11.8. The number of fused-ring (bicyclic) bond motifs is 3. The average Bonchev–Trinajstić information content (AvgIpc) is 3.14. The van der Waals surface area contributed by atoms with Crippen LogP contribution in [0.5, 0.6) is 17.2 Å². The summed E-state index contributed by atoms with van der Waals surface area (Å²) in [7, 11) is 0. The molecule has 0 bridgehead atoms. The van der Waals surface area contributed by atoms with Gasteiger partial charge in [-0.05, 0) is 89.0 Å². The zero-order valence-electron chi connectivity index (χ0n) is 27.7. The van der Waals surface area contributed by atoms with Crippen molar-refractivity contribution in [3.05, 3.63) is 143 Å². The van der Waals surface area contributed by atoms with Crippen LogP contribution < -0.4 is 14.2 Å². The molecule has 6 nitrogen and oxygen atoms in total. The number of aromatic nitrogens is 3. The summed E-state index contributed by atoms with van der Waals surface area (Å²) in [4.78, 5) is 13.9. The second kappa shape index (κ2) is 14.1. The number of nitrogens with zero attached hydrogens (tertiary/aromatic N) is 3. The Labute approximate surface area is 281 Å². The van der Waals surface area contributed by atoms with Gasteiger partial charge in [-0.3, -0.25) is 15.0 Å². The molecule has 3 heterocycles. The summed E-state index contributed by atoms with van der Waals surface area (Å²) < 4.78 is 20.0. The molecule has 0 radical (unpaired) electrons. The summed E-state index contributed by atoms with van der Waals surface area (Å²) >= 11 is 0. The first-order valence-corrected chi connectivity index (χ1v) is 16.8. The van der Waals surface area contributed by atoms with Crippen LogP contribution in [0.2, 0.25) is 0 Å². The van der Waals surface area contributed by atoms with E-state index in [1.807, 2.05) is 73.2 Å². The van der Waals surface area contributed by atoms with Crippen molar-refractivity contribution < 1.29 is 14.2 Å². The molecule has 0 unspecified atom stereocenters. The van der Waals surface area contributed by atoms with Gasteiger partial charge < -0.3 is 14.2 Å². The topological polar surface area (TPSA) is 66.4 Å². The molecular formula is C42H39N3O3. The lowest BCUT2D eigenvalue weighted by molar-refractivity contribution is 0.291. The summed E-state index contributed by atoms with van der Waals surface area (Å²) in [6.07, 6.45) is 7.97. The molecule has 3 aromatic heterocycles. The monoisotopic (exact) mass is 633 g/mol. The van der Waals surface area contributed by atoms with Crippen molar-refractivity contribution in [1.29, 1.82) is 0 Å². The molecule has 0 aliphatic rings. The highest BCUT2D eigenvalue weighted by atomic mass is 16.5. The molecule has 0 spiro atoms. The Morgan fingerprint density at radius 3 is 0.958 bits per heavy atom. The first-order valence-electron chi connectivity index (χ1n) is 16.8. The van der Waals surface area contributed by atoms with Gasteiger partial charge in [-0.25, -0.2) is 0 Å². The fraction of sp³-hybridized carbons (Fsp3) is 0.214. The molecule has 4 aromatic carbocycles. The molecule has 0 N–H and O–H groups in total. The third-order valence-electron chi connectivity index (χ3n) is 9.15. The third-order valence-corrected chi connectivity index (χ3v) is 9.15. The van der Waals surface area contributed by atoms with Crippen LogP contribution in [0.25, 0.3) is 32.7 Å². The summed E-state index contributed by atoms with van der Waals surface area (Å²) in [5.74, 6) is 2.32. The van der Waals surface area contributed by atoms with Crippen molar-refractivity contribution in [2.45, 2.75) is 59.9 Å². The number of hydrogen-bond acceptors (Lipinski definition) is 6. The molecule has 0 atom stereocenters. The number of pyridine rings is 3. The molecule has 7 rings (SSSR count). The largest absolute Gasteiger partial charge is 0.487 e. The normalized spacial score (nSPS) is 11.3. The highest BCUT2D eigenvalue weighted by Crippen LogP contribution is 2.35. The summed E-state index contributed by atoms with van der Waals surface area (Å²) in [5, 5.41) is 3.16. The Morgan fingerprint density at radius 1 is 0.375 bits per heavy atom. The van der Waals surface area contributed by atoms with Crippen molar-refractivity contribution >= 4 is 32.7 Å². The molecule has 0 amide bonds. The molecule has 48 heavy (non-hydrogen) atoms. The summed E-state index contributed by atoms with van der Waals surface area (Å²) in [5.41, 5.74) is 9.95. The Balaban J connectivity index is 1.33. The van der Waals surface area contributed by atoms with Crippen LogP contribution in [0.1, 0.15) is 54.2 Å². The Bertz CT molecular complexity index is 1940. The van der Waals surface area contributed by atoms with Gasteiger partial charge in [0.15, 0.2) is 0 Å². The maximum atomic E-state index is 6.65. The van der Waals surface area contributed by atoms with Gasteiger partial charge in [0.1, 0.15) is 53.6 Å². The molecular weight excluding hydrogens is 594 g/mol. The molecule has 7 aromatic rings. The predicted octanol–water partition coefficient (Wildman–Crippen LogP) is 9.76. The standard InChI is InChI=1S/C42H39N3O3/c1-4-31-34(25-46-37-19-7-13-28-16-10-22-43-40(28)37)32(5-2)36(27-48-39-21-9-15-30-18-12-24-45-42(30)39)33(6-3)35(31)26-47-38-20-8-14-29-17-11-23-44-41(29)38/h7-24H,4-6,25-27H2,1-3H3. The van der Waals surface area contributed by atoms with Gasteiger partial charge in [0.25, 0.3) is 0 Å². The van der Waals surface area contributed by atoms with Crippen LogP contribution in [-0.4, -0.2) is 15.0 Å². The zero-order valence-corrected chi connectivity index (χ0v) is 27.7. The molecule has 0 saturated carbocycles. The van der Waals surface area contributed by atoms with Gasteiger partial charge in [-0.1, -0.05) is 75.4 Å². The summed E-state index contributed by atoms with van der Waals surface area (Å²) in [6.45, 7) is 7.90. The van der Waals surface area contributed by atoms with Crippen molar-refractivity contribution in [2.75, 3.05) is 0 Å². The van der Waals surface area contributed by atoms with Crippen LogP contribution in [0.4, 0.5) is 0 Å². The van der Waals surface area contributed by atoms with E-state index < -0.39 is 0 Å². The van der Waals surface area contributed by atoms with E-state index in [4.69, 9.17) is 14.2 Å². The van der Waals surface area contributed by atoms with Gasteiger partial charge in [-0.2, -0.15) is 0 Å². The minimum atomic E-state index is 0.414. The van der Waals surface area contributed by atoms with Crippen molar-refractivity contribution in [3.63, 3.8) is 0 Å². The molecule has 0 fully saturated rings. The van der Waals surface area contributed by atoms with E-state index in [0.717, 1.165) is 69.2 Å². The highest BCUT2D eigenvalue weighted by Gasteiger charge is 2.23. The fourth-order valence-electron chi connectivity index (χ4n) is 6.92. The van der Waals surface area contributed by atoms with Gasteiger partial charge >= 0.3 is 0 Å². The predicted molar refractivity (Wildman–Crippen MR) is 193 cm³/mol. The highest BCUT2D eigenvalue weighted by molar-refractivity contribution is 5.85. The van der Waals surface area contributed by atoms with Crippen LogP contribution >= 0.6 is 0 Å². The smallest absolute Gasteiger partial charge is 0.146 e. The summed E-state index contributed by atoms with van der Waals surface area (Å²) in [6, 6.07) is 30.3. The number of benzene rings is 4. The quantitative estimate of drug-likeness (QED) is 0.133. The fourth-order valence-corrected chi connectivity index (χ4v) is 6.92. The zero-order chi connectivity index (χ0) is 32.9. The molecule has 240 valence electrons. The Kier molecular flexibility index (Phi) is 9.14. The van der Waals surface area contributed by atoms with Crippen LogP contribution in [-0.2, 0) is 39.1 Å². The Hall–Kier alpha value is -5.49. The van der Waals surface area contributed by atoms with E-state index in [-0.39, 0.29) is 0 Å². The van der Waals surface area contributed by atoms with Gasteiger partial charge in [0, 0.05) is 34.7 Å². The maximum Gasteiger partial charge on any atom is 0.146 e. The van der Waals surface area contributed by atoms with Gasteiger partial charge in [0.2, 0.25) is 0 Å². The van der Waals surface area contributed by atoms with Crippen LogP contribution in [0.3, 0.4) is 0 Å². The van der Waals surface area contributed by atoms with Crippen molar-refractivity contribution in [2.24, 2.45) is 0 Å². The number of para-hydroxylation sites is 3. The van der Waals surface area contributed by atoms with E-state index in [2.05, 4.69) is 72.1 Å². The molecule has 6 heteroatoms.